The van der Waals surface area contributed by atoms with Crippen LogP contribution in [0.25, 0.3) is 11.2 Å². The minimum atomic E-state index is -0.171. The normalized spacial score (nSPS) is 11.4. The van der Waals surface area contributed by atoms with E-state index in [4.69, 9.17) is 11.6 Å². The van der Waals surface area contributed by atoms with Gasteiger partial charge in [0.1, 0.15) is 5.52 Å². The van der Waals surface area contributed by atoms with Gasteiger partial charge in [-0.3, -0.25) is 4.57 Å². The van der Waals surface area contributed by atoms with Crippen molar-refractivity contribution < 1.29 is 0 Å². The van der Waals surface area contributed by atoms with E-state index >= 15 is 0 Å². The van der Waals surface area contributed by atoms with Crippen LogP contribution in [0.2, 0.25) is 5.02 Å². The van der Waals surface area contributed by atoms with Crippen LogP contribution in [0.4, 0.5) is 0 Å². The molecule has 0 aliphatic heterocycles. The van der Waals surface area contributed by atoms with Gasteiger partial charge in [0, 0.05) is 12.2 Å². The Morgan fingerprint density at radius 2 is 2.29 bits per heavy atom. The topological polar surface area (TPSA) is 50.7 Å². The van der Waals surface area contributed by atoms with Gasteiger partial charge in [-0.05, 0) is 19.9 Å². The second kappa shape index (κ2) is 3.13. The first kappa shape index (κ1) is 9.27. The summed E-state index contributed by atoms with van der Waals surface area (Å²) in [5.74, 6) is 0. The smallest absolute Gasteiger partial charge is 0.303 e. The molecule has 0 spiro atoms. The molecule has 0 unspecified atom stereocenters. The van der Waals surface area contributed by atoms with Gasteiger partial charge in [0.05, 0.1) is 5.02 Å². The maximum Gasteiger partial charge on any atom is 0.327 e. The molecule has 0 amide bonds. The molecule has 2 aromatic heterocycles. The van der Waals surface area contributed by atoms with Crippen molar-refractivity contribution in [1.82, 2.24) is 14.5 Å². The molecule has 5 heteroatoms. The summed E-state index contributed by atoms with van der Waals surface area (Å²) in [6.07, 6.45) is 1.59. The van der Waals surface area contributed by atoms with Crippen LogP contribution in [0.1, 0.15) is 19.9 Å². The van der Waals surface area contributed by atoms with Crippen molar-refractivity contribution in [3.63, 3.8) is 0 Å². The maximum atomic E-state index is 11.5. The number of imidazole rings is 1. The Bertz CT molecular complexity index is 526. The van der Waals surface area contributed by atoms with Gasteiger partial charge in [-0.15, -0.1) is 0 Å². The van der Waals surface area contributed by atoms with E-state index in [0.29, 0.717) is 16.2 Å². The lowest BCUT2D eigenvalue weighted by atomic mass is 10.4. The van der Waals surface area contributed by atoms with Gasteiger partial charge in [-0.2, -0.15) is 0 Å². The molecule has 0 atom stereocenters. The van der Waals surface area contributed by atoms with Gasteiger partial charge in [0.15, 0.2) is 5.65 Å². The number of aromatic amines is 1. The molecule has 2 aromatic rings. The number of aromatic nitrogens is 3. The Labute approximate surface area is 85.5 Å². The van der Waals surface area contributed by atoms with Crippen LogP contribution >= 0.6 is 11.6 Å². The van der Waals surface area contributed by atoms with Gasteiger partial charge < -0.3 is 4.98 Å². The van der Waals surface area contributed by atoms with E-state index in [1.54, 1.807) is 16.8 Å². The summed E-state index contributed by atoms with van der Waals surface area (Å²) in [5.41, 5.74) is 1.04. The minimum absolute atomic E-state index is 0.0715. The molecule has 0 aromatic carbocycles. The molecule has 0 saturated carbocycles. The summed E-state index contributed by atoms with van der Waals surface area (Å²) in [4.78, 5) is 18.4. The third kappa shape index (κ3) is 1.23. The average molecular weight is 212 g/mol. The van der Waals surface area contributed by atoms with Crippen molar-refractivity contribution in [1.29, 1.82) is 0 Å². The summed E-state index contributed by atoms with van der Waals surface area (Å²) in [6.45, 7) is 3.86. The van der Waals surface area contributed by atoms with Gasteiger partial charge in [-0.25, -0.2) is 9.78 Å². The van der Waals surface area contributed by atoms with Crippen molar-refractivity contribution in [3.8, 4) is 0 Å². The van der Waals surface area contributed by atoms with Crippen molar-refractivity contribution in [3.05, 3.63) is 27.8 Å². The van der Waals surface area contributed by atoms with E-state index in [2.05, 4.69) is 9.97 Å². The van der Waals surface area contributed by atoms with Crippen LogP contribution in [-0.2, 0) is 0 Å². The number of hydrogen-bond donors (Lipinski definition) is 1. The summed E-state index contributed by atoms with van der Waals surface area (Å²) in [7, 11) is 0. The molecule has 74 valence electrons. The summed E-state index contributed by atoms with van der Waals surface area (Å²) < 4.78 is 1.58. The van der Waals surface area contributed by atoms with E-state index < -0.39 is 0 Å². The molecule has 2 rings (SSSR count). The number of H-pyrrole nitrogens is 1. The van der Waals surface area contributed by atoms with Gasteiger partial charge in [-0.1, -0.05) is 11.6 Å². The standard InChI is InChI=1S/C9H10ClN3O/c1-5(2)13-8-7(12-9(13)14)6(10)3-4-11-8/h3-5H,1-2H3,(H,12,14). The van der Waals surface area contributed by atoms with Crippen molar-refractivity contribution in [2.24, 2.45) is 0 Å². The molecule has 0 aliphatic carbocycles. The van der Waals surface area contributed by atoms with E-state index in [1.807, 2.05) is 13.8 Å². The molecule has 4 nitrogen and oxygen atoms in total. The molecular formula is C9H10ClN3O. The lowest BCUT2D eigenvalue weighted by Gasteiger charge is -2.05. The monoisotopic (exact) mass is 211 g/mol. The molecule has 0 fully saturated rings. The first-order valence-corrected chi connectivity index (χ1v) is 4.73. The Morgan fingerprint density at radius 1 is 1.57 bits per heavy atom. The second-order valence-corrected chi connectivity index (χ2v) is 3.79. The molecule has 0 aliphatic rings. The zero-order chi connectivity index (χ0) is 10.3. The maximum absolute atomic E-state index is 11.5. The quantitative estimate of drug-likeness (QED) is 0.784. The zero-order valence-electron chi connectivity index (χ0n) is 7.91. The fourth-order valence-corrected chi connectivity index (χ4v) is 1.66. The van der Waals surface area contributed by atoms with Crippen molar-refractivity contribution in [2.75, 3.05) is 0 Å². The minimum Gasteiger partial charge on any atom is -0.303 e. The number of halogens is 1. The number of nitrogens with one attached hydrogen (secondary N) is 1. The van der Waals surface area contributed by atoms with Crippen LogP contribution < -0.4 is 5.69 Å². The lowest BCUT2D eigenvalue weighted by molar-refractivity contribution is 0.593. The van der Waals surface area contributed by atoms with Crippen molar-refractivity contribution >= 4 is 22.8 Å². The fraction of sp³-hybridized carbons (Fsp3) is 0.333. The van der Waals surface area contributed by atoms with E-state index in [1.165, 1.54) is 0 Å². The van der Waals surface area contributed by atoms with Crippen LogP contribution in [-0.4, -0.2) is 14.5 Å². The highest BCUT2D eigenvalue weighted by Gasteiger charge is 2.12. The largest absolute Gasteiger partial charge is 0.327 e. The fourth-order valence-electron chi connectivity index (χ4n) is 1.47. The molecule has 14 heavy (non-hydrogen) atoms. The molecular weight excluding hydrogens is 202 g/mol. The Hall–Kier alpha value is -1.29. The van der Waals surface area contributed by atoms with E-state index in [0.717, 1.165) is 0 Å². The third-order valence-corrected chi connectivity index (χ3v) is 2.39. The van der Waals surface area contributed by atoms with E-state index in [9.17, 15) is 4.79 Å². The highest BCUT2D eigenvalue weighted by Crippen LogP contribution is 2.19. The third-order valence-electron chi connectivity index (χ3n) is 2.08. The summed E-state index contributed by atoms with van der Waals surface area (Å²) in [6, 6.07) is 1.73. The SMILES string of the molecule is CC(C)n1c(=O)[nH]c2c(Cl)ccnc21. The summed E-state index contributed by atoms with van der Waals surface area (Å²) >= 11 is 5.92. The predicted molar refractivity (Wildman–Crippen MR) is 55.7 cm³/mol. The number of hydrogen-bond acceptors (Lipinski definition) is 2. The number of pyridine rings is 1. The van der Waals surface area contributed by atoms with Gasteiger partial charge in [0.2, 0.25) is 0 Å². The zero-order valence-corrected chi connectivity index (χ0v) is 8.67. The molecule has 0 radical (unpaired) electrons. The Morgan fingerprint density at radius 3 is 2.93 bits per heavy atom. The molecule has 1 N–H and O–H groups in total. The molecule has 0 bridgehead atoms. The number of nitrogens with zero attached hydrogens (tertiary/aromatic N) is 2. The first-order valence-electron chi connectivity index (χ1n) is 4.36. The van der Waals surface area contributed by atoms with E-state index in [-0.39, 0.29) is 11.7 Å². The molecule has 2 heterocycles. The van der Waals surface area contributed by atoms with Crippen molar-refractivity contribution in [2.45, 2.75) is 19.9 Å². The van der Waals surface area contributed by atoms with Crippen LogP contribution in [0.15, 0.2) is 17.1 Å². The van der Waals surface area contributed by atoms with Crippen LogP contribution in [0.3, 0.4) is 0 Å². The number of rotatable bonds is 1. The summed E-state index contributed by atoms with van der Waals surface area (Å²) in [5, 5.41) is 0.520. The van der Waals surface area contributed by atoms with Crippen LogP contribution in [0, 0.1) is 0 Å². The second-order valence-electron chi connectivity index (χ2n) is 3.39. The number of fused-ring (bicyclic) bond motifs is 1. The van der Waals surface area contributed by atoms with Gasteiger partial charge >= 0.3 is 5.69 Å². The highest BCUT2D eigenvalue weighted by molar-refractivity contribution is 6.34. The average Bonchev–Trinajstić information content (AvgIpc) is 2.42. The predicted octanol–water partition coefficient (Wildman–Crippen LogP) is 1.96. The Kier molecular flexibility index (Phi) is 2.07. The van der Waals surface area contributed by atoms with Crippen LogP contribution in [0.5, 0.6) is 0 Å². The first-order chi connectivity index (χ1) is 6.61. The highest BCUT2D eigenvalue weighted by atomic mass is 35.5. The Balaban J connectivity index is 2.91. The molecule has 0 saturated heterocycles. The van der Waals surface area contributed by atoms with Gasteiger partial charge in [0.25, 0.3) is 0 Å². The lowest BCUT2D eigenvalue weighted by Crippen LogP contribution is -2.18.